The van der Waals surface area contributed by atoms with Crippen LogP contribution in [0, 0.1) is 17.5 Å². The van der Waals surface area contributed by atoms with Gasteiger partial charge in [-0.25, -0.2) is 13.2 Å². The largest absolute Gasteiger partial charge is 0.460 e. The fraction of sp³-hybridized carbons (Fsp3) is 0.462. The van der Waals surface area contributed by atoms with Gasteiger partial charge >= 0.3 is 5.97 Å². The molecule has 19 heavy (non-hydrogen) atoms. The van der Waals surface area contributed by atoms with Gasteiger partial charge in [0.25, 0.3) is 0 Å². The van der Waals surface area contributed by atoms with E-state index in [1.54, 1.807) is 20.8 Å². The molecular formula is C13H16F3NO2. The van der Waals surface area contributed by atoms with Gasteiger partial charge in [-0.1, -0.05) is 0 Å². The van der Waals surface area contributed by atoms with E-state index in [1.807, 2.05) is 0 Å². The van der Waals surface area contributed by atoms with Crippen molar-refractivity contribution in [3.8, 4) is 0 Å². The second kappa shape index (κ2) is 5.95. The summed E-state index contributed by atoms with van der Waals surface area (Å²) < 4.78 is 44.1. The Morgan fingerprint density at radius 1 is 1.26 bits per heavy atom. The van der Waals surface area contributed by atoms with Crippen molar-refractivity contribution < 1.29 is 22.7 Å². The highest BCUT2D eigenvalue weighted by Gasteiger charge is 2.16. The molecule has 0 heterocycles. The molecule has 1 aromatic carbocycles. The zero-order valence-corrected chi connectivity index (χ0v) is 11.0. The first-order chi connectivity index (χ1) is 8.69. The second-order valence-corrected chi connectivity index (χ2v) is 5.01. The maximum Gasteiger partial charge on any atom is 0.308 e. The second-order valence-electron chi connectivity index (χ2n) is 5.01. The standard InChI is InChI=1S/C13H16F3NO2/c1-13(2,3)19-11(18)4-5-17-10-7-8(14)6-9(15)12(10)16/h6-7,17H,4-5H2,1-3H3. The van der Waals surface area contributed by atoms with Crippen LogP contribution in [-0.4, -0.2) is 18.1 Å². The SMILES string of the molecule is CC(C)(C)OC(=O)CCNc1cc(F)cc(F)c1F. The summed E-state index contributed by atoms with van der Waals surface area (Å²) in [5.74, 6) is -3.82. The molecule has 6 heteroatoms. The molecule has 3 nitrogen and oxygen atoms in total. The smallest absolute Gasteiger partial charge is 0.308 e. The molecule has 0 spiro atoms. The number of carbonyl (C=O) groups excluding carboxylic acids is 1. The van der Waals surface area contributed by atoms with E-state index in [1.165, 1.54) is 0 Å². The van der Waals surface area contributed by atoms with Crippen LogP contribution in [0.25, 0.3) is 0 Å². The maximum atomic E-state index is 13.3. The first kappa shape index (κ1) is 15.3. The van der Waals surface area contributed by atoms with Crippen molar-refractivity contribution in [2.45, 2.75) is 32.8 Å². The summed E-state index contributed by atoms with van der Waals surface area (Å²) in [5.41, 5.74) is -0.922. The van der Waals surface area contributed by atoms with Gasteiger partial charge in [-0.3, -0.25) is 4.79 Å². The Hall–Kier alpha value is -1.72. The lowest BCUT2D eigenvalue weighted by Gasteiger charge is -2.19. The van der Waals surface area contributed by atoms with Gasteiger partial charge in [0.05, 0.1) is 12.1 Å². The summed E-state index contributed by atoms with van der Waals surface area (Å²) in [4.78, 5) is 11.4. The van der Waals surface area contributed by atoms with Crippen LogP contribution in [0.3, 0.4) is 0 Å². The Morgan fingerprint density at radius 2 is 1.89 bits per heavy atom. The normalized spacial score (nSPS) is 11.3. The summed E-state index contributed by atoms with van der Waals surface area (Å²) in [6, 6.07) is 1.28. The van der Waals surface area contributed by atoms with Gasteiger partial charge in [0, 0.05) is 18.7 Å². The highest BCUT2D eigenvalue weighted by atomic mass is 19.2. The third-order valence-electron chi connectivity index (χ3n) is 2.06. The van der Waals surface area contributed by atoms with Crippen LogP contribution in [0.15, 0.2) is 12.1 Å². The molecule has 0 fully saturated rings. The first-order valence-electron chi connectivity index (χ1n) is 5.79. The molecule has 0 aliphatic rings. The average Bonchev–Trinajstić information content (AvgIpc) is 2.22. The minimum absolute atomic E-state index is 0.0225. The lowest BCUT2D eigenvalue weighted by atomic mass is 10.2. The molecule has 0 radical (unpaired) electrons. The minimum Gasteiger partial charge on any atom is -0.460 e. The molecule has 0 aliphatic heterocycles. The molecule has 106 valence electrons. The third-order valence-corrected chi connectivity index (χ3v) is 2.06. The molecule has 0 aromatic heterocycles. The van der Waals surface area contributed by atoms with Crippen LogP contribution >= 0.6 is 0 Å². The van der Waals surface area contributed by atoms with E-state index >= 15 is 0 Å². The monoisotopic (exact) mass is 275 g/mol. The molecule has 0 saturated carbocycles. The van der Waals surface area contributed by atoms with E-state index < -0.39 is 29.0 Å². The number of esters is 1. The maximum absolute atomic E-state index is 13.3. The predicted octanol–water partition coefficient (Wildman–Crippen LogP) is 3.25. The van der Waals surface area contributed by atoms with Crippen LogP contribution in [-0.2, 0) is 9.53 Å². The number of anilines is 1. The molecule has 0 unspecified atom stereocenters. The topological polar surface area (TPSA) is 38.3 Å². The Balaban J connectivity index is 2.52. The van der Waals surface area contributed by atoms with Crippen molar-refractivity contribution >= 4 is 11.7 Å². The van der Waals surface area contributed by atoms with Gasteiger partial charge in [0.15, 0.2) is 11.6 Å². The summed E-state index contributed by atoms with van der Waals surface area (Å²) >= 11 is 0. The minimum atomic E-state index is -1.28. The number of nitrogens with one attached hydrogen (secondary N) is 1. The van der Waals surface area contributed by atoms with Crippen molar-refractivity contribution in [1.82, 2.24) is 0 Å². The van der Waals surface area contributed by atoms with Crippen LogP contribution in [0.5, 0.6) is 0 Å². The fourth-order valence-corrected chi connectivity index (χ4v) is 1.38. The lowest BCUT2D eigenvalue weighted by Crippen LogP contribution is -2.25. The molecule has 0 saturated heterocycles. The van der Waals surface area contributed by atoms with Crippen LogP contribution in [0.2, 0.25) is 0 Å². The number of hydrogen-bond acceptors (Lipinski definition) is 3. The van der Waals surface area contributed by atoms with E-state index in [9.17, 15) is 18.0 Å². The molecule has 1 rings (SSSR count). The van der Waals surface area contributed by atoms with E-state index in [-0.39, 0.29) is 18.7 Å². The van der Waals surface area contributed by atoms with Gasteiger partial charge in [-0.2, -0.15) is 0 Å². The van der Waals surface area contributed by atoms with E-state index in [2.05, 4.69) is 5.32 Å². The molecule has 0 aliphatic carbocycles. The van der Waals surface area contributed by atoms with Crippen LogP contribution in [0.4, 0.5) is 18.9 Å². The van der Waals surface area contributed by atoms with Crippen molar-refractivity contribution in [2.75, 3.05) is 11.9 Å². The lowest BCUT2D eigenvalue weighted by molar-refractivity contribution is -0.154. The number of halogens is 3. The van der Waals surface area contributed by atoms with Gasteiger partial charge in [0.2, 0.25) is 0 Å². The quantitative estimate of drug-likeness (QED) is 0.677. The van der Waals surface area contributed by atoms with E-state index in [4.69, 9.17) is 4.74 Å². The van der Waals surface area contributed by atoms with Crippen molar-refractivity contribution in [2.24, 2.45) is 0 Å². The number of benzene rings is 1. The molecule has 0 bridgehead atoms. The van der Waals surface area contributed by atoms with Gasteiger partial charge < -0.3 is 10.1 Å². The fourth-order valence-electron chi connectivity index (χ4n) is 1.38. The Bertz CT molecular complexity index is 470. The highest BCUT2D eigenvalue weighted by Crippen LogP contribution is 2.19. The average molecular weight is 275 g/mol. The first-order valence-corrected chi connectivity index (χ1v) is 5.79. The molecule has 0 amide bonds. The zero-order chi connectivity index (χ0) is 14.6. The van der Waals surface area contributed by atoms with Crippen molar-refractivity contribution in [3.63, 3.8) is 0 Å². The number of hydrogen-bond donors (Lipinski definition) is 1. The Labute approximate surface area is 109 Å². The van der Waals surface area contributed by atoms with E-state index in [0.29, 0.717) is 6.07 Å². The summed E-state index contributed by atoms with van der Waals surface area (Å²) in [6.07, 6.45) is -0.0329. The number of rotatable bonds is 4. The van der Waals surface area contributed by atoms with Gasteiger partial charge in [-0.05, 0) is 20.8 Å². The Morgan fingerprint density at radius 3 is 2.47 bits per heavy atom. The van der Waals surface area contributed by atoms with Crippen molar-refractivity contribution in [1.29, 1.82) is 0 Å². The summed E-state index contributed by atoms with van der Waals surface area (Å²) in [6.45, 7) is 5.19. The van der Waals surface area contributed by atoms with Crippen LogP contribution in [0.1, 0.15) is 27.2 Å². The van der Waals surface area contributed by atoms with Crippen molar-refractivity contribution in [3.05, 3.63) is 29.6 Å². The van der Waals surface area contributed by atoms with Gasteiger partial charge in [0.1, 0.15) is 11.4 Å². The van der Waals surface area contributed by atoms with E-state index in [0.717, 1.165) is 6.07 Å². The third kappa shape index (κ3) is 5.19. The molecule has 1 aromatic rings. The summed E-state index contributed by atoms with van der Waals surface area (Å²) in [7, 11) is 0. The van der Waals surface area contributed by atoms with Crippen LogP contribution < -0.4 is 5.32 Å². The predicted molar refractivity (Wildman–Crippen MR) is 65.3 cm³/mol. The zero-order valence-electron chi connectivity index (χ0n) is 11.0. The van der Waals surface area contributed by atoms with Gasteiger partial charge in [-0.15, -0.1) is 0 Å². The number of carbonyl (C=O) groups is 1. The highest BCUT2D eigenvalue weighted by molar-refractivity contribution is 5.70. The Kier molecular flexibility index (Phi) is 4.80. The number of ether oxygens (including phenoxy) is 1. The molecular weight excluding hydrogens is 259 g/mol. The molecule has 0 atom stereocenters. The summed E-state index contributed by atoms with van der Waals surface area (Å²) in [5, 5.41) is 2.46. The molecule has 1 N–H and O–H groups in total.